The van der Waals surface area contributed by atoms with Gasteiger partial charge in [-0.25, -0.2) is 0 Å². The Balaban J connectivity index is 1.65. The lowest BCUT2D eigenvalue weighted by molar-refractivity contribution is 0.361. The molecule has 1 saturated carbocycles. The molecule has 4 nitrogen and oxygen atoms in total. The number of nitrogens with zero attached hydrogens (tertiary/aromatic N) is 2. The molecule has 1 aliphatic carbocycles. The number of benzene rings is 1. The summed E-state index contributed by atoms with van der Waals surface area (Å²) in [6.07, 6.45) is 4.20. The Bertz CT molecular complexity index is 552. The molecule has 3 atom stereocenters. The quantitative estimate of drug-likeness (QED) is 0.927. The molecule has 2 N–H and O–H groups in total. The van der Waals surface area contributed by atoms with Crippen LogP contribution in [0.2, 0.25) is 0 Å². The Labute approximate surface area is 119 Å². The SMILES string of the molecule is CC1CCC(c2noc(CC(N)c3ccccc3)n2)C1. The number of rotatable bonds is 4. The average Bonchev–Trinajstić information content (AvgIpc) is 3.09. The van der Waals surface area contributed by atoms with E-state index in [0.29, 0.717) is 18.2 Å². The van der Waals surface area contributed by atoms with E-state index in [9.17, 15) is 0 Å². The van der Waals surface area contributed by atoms with E-state index in [-0.39, 0.29) is 6.04 Å². The Morgan fingerprint density at radius 3 is 2.80 bits per heavy atom. The molecular formula is C16H21N3O. The van der Waals surface area contributed by atoms with Crippen molar-refractivity contribution in [1.29, 1.82) is 0 Å². The predicted octanol–water partition coefficient (Wildman–Crippen LogP) is 3.22. The summed E-state index contributed by atoms with van der Waals surface area (Å²) < 4.78 is 5.36. The van der Waals surface area contributed by atoms with Gasteiger partial charge in [0, 0.05) is 18.4 Å². The third-order valence-electron chi connectivity index (χ3n) is 4.17. The molecule has 0 spiro atoms. The minimum atomic E-state index is -0.0907. The maximum atomic E-state index is 6.18. The summed E-state index contributed by atoms with van der Waals surface area (Å²) in [5.74, 6) is 2.75. The van der Waals surface area contributed by atoms with Gasteiger partial charge in [0.15, 0.2) is 5.82 Å². The van der Waals surface area contributed by atoms with Gasteiger partial charge in [-0.15, -0.1) is 0 Å². The predicted molar refractivity (Wildman–Crippen MR) is 77.1 cm³/mol. The van der Waals surface area contributed by atoms with Crippen LogP contribution in [-0.2, 0) is 6.42 Å². The maximum absolute atomic E-state index is 6.18. The van der Waals surface area contributed by atoms with Gasteiger partial charge in [-0.1, -0.05) is 42.4 Å². The molecule has 1 aliphatic rings. The summed E-state index contributed by atoms with van der Waals surface area (Å²) in [5, 5.41) is 4.14. The highest BCUT2D eigenvalue weighted by Crippen LogP contribution is 2.36. The molecule has 106 valence electrons. The molecule has 0 saturated heterocycles. The van der Waals surface area contributed by atoms with Gasteiger partial charge in [0.25, 0.3) is 0 Å². The highest BCUT2D eigenvalue weighted by atomic mass is 16.5. The maximum Gasteiger partial charge on any atom is 0.228 e. The smallest absolute Gasteiger partial charge is 0.228 e. The Kier molecular flexibility index (Phi) is 3.83. The molecule has 0 amide bonds. The molecule has 2 aromatic rings. The second kappa shape index (κ2) is 5.75. The first kappa shape index (κ1) is 13.3. The second-order valence-electron chi connectivity index (χ2n) is 5.88. The summed E-state index contributed by atoms with van der Waals surface area (Å²) >= 11 is 0. The summed E-state index contributed by atoms with van der Waals surface area (Å²) in [4.78, 5) is 4.53. The van der Waals surface area contributed by atoms with Crippen LogP contribution < -0.4 is 5.73 Å². The van der Waals surface area contributed by atoms with Crippen LogP contribution in [0, 0.1) is 5.92 Å². The van der Waals surface area contributed by atoms with Crippen molar-refractivity contribution in [1.82, 2.24) is 10.1 Å². The molecule has 1 aromatic carbocycles. The fourth-order valence-electron chi connectivity index (χ4n) is 2.96. The van der Waals surface area contributed by atoms with Crippen molar-refractivity contribution in [3.8, 4) is 0 Å². The number of hydrogen-bond acceptors (Lipinski definition) is 4. The van der Waals surface area contributed by atoms with E-state index >= 15 is 0 Å². The Morgan fingerprint density at radius 2 is 2.10 bits per heavy atom. The Morgan fingerprint density at radius 1 is 1.30 bits per heavy atom. The molecule has 4 heteroatoms. The van der Waals surface area contributed by atoms with Crippen molar-refractivity contribution < 1.29 is 4.52 Å². The van der Waals surface area contributed by atoms with E-state index in [4.69, 9.17) is 10.3 Å². The molecule has 3 rings (SSSR count). The zero-order chi connectivity index (χ0) is 13.9. The molecule has 0 aliphatic heterocycles. The van der Waals surface area contributed by atoms with Crippen molar-refractivity contribution in [3.05, 3.63) is 47.6 Å². The normalized spacial score (nSPS) is 23.9. The van der Waals surface area contributed by atoms with E-state index < -0.39 is 0 Å². The largest absolute Gasteiger partial charge is 0.339 e. The van der Waals surface area contributed by atoms with Crippen LogP contribution in [0.3, 0.4) is 0 Å². The van der Waals surface area contributed by atoms with Gasteiger partial charge < -0.3 is 10.3 Å². The van der Waals surface area contributed by atoms with Crippen molar-refractivity contribution in [3.63, 3.8) is 0 Å². The van der Waals surface area contributed by atoms with E-state index in [1.807, 2.05) is 30.3 Å². The monoisotopic (exact) mass is 271 g/mol. The third kappa shape index (κ3) is 2.90. The molecule has 1 heterocycles. The fourth-order valence-corrected chi connectivity index (χ4v) is 2.96. The fraction of sp³-hybridized carbons (Fsp3) is 0.500. The van der Waals surface area contributed by atoms with Crippen molar-refractivity contribution in [2.45, 2.75) is 44.6 Å². The standard InChI is InChI=1S/C16H21N3O/c1-11-7-8-13(9-11)16-18-15(20-19-16)10-14(17)12-5-3-2-4-6-12/h2-6,11,13-14H,7-10,17H2,1H3. The van der Waals surface area contributed by atoms with Gasteiger partial charge in [0.2, 0.25) is 5.89 Å². The molecule has 1 aromatic heterocycles. The lowest BCUT2D eigenvalue weighted by Gasteiger charge is -2.08. The minimum Gasteiger partial charge on any atom is -0.339 e. The average molecular weight is 271 g/mol. The molecule has 0 bridgehead atoms. The van der Waals surface area contributed by atoms with E-state index in [0.717, 1.165) is 17.3 Å². The zero-order valence-electron chi connectivity index (χ0n) is 11.8. The lowest BCUT2D eigenvalue weighted by atomic mass is 10.0. The van der Waals surface area contributed by atoms with Crippen molar-refractivity contribution in [2.75, 3.05) is 0 Å². The number of hydrogen-bond donors (Lipinski definition) is 1. The molecule has 0 radical (unpaired) electrons. The first-order chi connectivity index (χ1) is 9.72. The summed E-state index contributed by atoms with van der Waals surface area (Å²) in [7, 11) is 0. The van der Waals surface area contributed by atoms with Crippen LogP contribution in [0.15, 0.2) is 34.9 Å². The van der Waals surface area contributed by atoms with Crippen LogP contribution in [0.1, 0.15) is 55.4 Å². The van der Waals surface area contributed by atoms with Crippen molar-refractivity contribution in [2.24, 2.45) is 11.7 Å². The van der Waals surface area contributed by atoms with Gasteiger partial charge in [-0.2, -0.15) is 4.98 Å². The highest BCUT2D eigenvalue weighted by molar-refractivity contribution is 5.19. The van der Waals surface area contributed by atoms with Gasteiger partial charge >= 0.3 is 0 Å². The molecule has 3 unspecified atom stereocenters. The van der Waals surface area contributed by atoms with Crippen molar-refractivity contribution >= 4 is 0 Å². The van der Waals surface area contributed by atoms with Crippen LogP contribution in [-0.4, -0.2) is 10.1 Å². The summed E-state index contributed by atoms with van der Waals surface area (Å²) in [5.41, 5.74) is 7.28. The van der Waals surface area contributed by atoms with Crippen LogP contribution in [0.25, 0.3) is 0 Å². The molecular weight excluding hydrogens is 250 g/mol. The first-order valence-electron chi connectivity index (χ1n) is 7.35. The number of aromatic nitrogens is 2. The van der Waals surface area contributed by atoms with Gasteiger partial charge in [-0.05, 0) is 30.7 Å². The van der Waals surface area contributed by atoms with E-state index in [1.165, 1.54) is 19.3 Å². The summed E-state index contributed by atoms with van der Waals surface area (Å²) in [6, 6.07) is 9.94. The second-order valence-corrected chi connectivity index (χ2v) is 5.88. The van der Waals surface area contributed by atoms with Gasteiger partial charge in [0.05, 0.1) is 0 Å². The number of nitrogens with two attached hydrogens (primary N) is 1. The molecule has 20 heavy (non-hydrogen) atoms. The zero-order valence-corrected chi connectivity index (χ0v) is 11.8. The van der Waals surface area contributed by atoms with Crippen LogP contribution >= 0.6 is 0 Å². The topological polar surface area (TPSA) is 64.9 Å². The summed E-state index contributed by atoms with van der Waals surface area (Å²) in [6.45, 7) is 2.28. The lowest BCUT2D eigenvalue weighted by Crippen LogP contribution is -2.13. The minimum absolute atomic E-state index is 0.0907. The van der Waals surface area contributed by atoms with Gasteiger partial charge in [0.1, 0.15) is 0 Å². The highest BCUT2D eigenvalue weighted by Gasteiger charge is 2.27. The van der Waals surface area contributed by atoms with Crippen LogP contribution in [0.4, 0.5) is 0 Å². The first-order valence-corrected chi connectivity index (χ1v) is 7.35. The molecule has 1 fully saturated rings. The third-order valence-corrected chi connectivity index (χ3v) is 4.17. The van der Waals surface area contributed by atoms with Gasteiger partial charge in [-0.3, -0.25) is 0 Å². The van der Waals surface area contributed by atoms with E-state index in [1.54, 1.807) is 0 Å². The van der Waals surface area contributed by atoms with Crippen LogP contribution in [0.5, 0.6) is 0 Å². The Hall–Kier alpha value is -1.68. The van der Waals surface area contributed by atoms with E-state index in [2.05, 4.69) is 17.1 Å².